The van der Waals surface area contributed by atoms with Gasteiger partial charge in [0.25, 0.3) is 0 Å². The van der Waals surface area contributed by atoms with Gasteiger partial charge in [-0.05, 0) is 42.6 Å². The van der Waals surface area contributed by atoms with Crippen molar-refractivity contribution in [3.05, 3.63) is 28.5 Å². The summed E-state index contributed by atoms with van der Waals surface area (Å²) >= 11 is 3.42. The van der Waals surface area contributed by atoms with E-state index >= 15 is 0 Å². The van der Waals surface area contributed by atoms with E-state index in [0.717, 1.165) is 35.6 Å². The SMILES string of the molecule is C[C@H](Cn1cc(Br)cn1)N[C@@H](C)c1nnc2n1CCCC2. The molecule has 0 saturated heterocycles. The molecule has 0 amide bonds. The molecule has 0 saturated carbocycles. The summed E-state index contributed by atoms with van der Waals surface area (Å²) in [6.07, 6.45) is 7.30. The molecule has 0 spiro atoms. The van der Waals surface area contributed by atoms with Crippen molar-refractivity contribution >= 4 is 15.9 Å². The molecule has 0 aromatic carbocycles. The summed E-state index contributed by atoms with van der Waals surface area (Å²) in [6, 6.07) is 0.502. The van der Waals surface area contributed by atoms with Crippen LogP contribution in [0.15, 0.2) is 16.9 Å². The van der Waals surface area contributed by atoms with Crippen LogP contribution < -0.4 is 5.32 Å². The Balaban J connectivity index is 1.63. The van der Waals surface area contributed by atoms with Crippen molar-refractivity contribution in [2.75, 3.05) is 0 Å². The fourth-order valence-corrected chi connectivity index (χ4v) is 3.25. The molecule has 2 aromatic rings. The lowest BCUT2D eigenvalue weighted by Crippen LogP contribution is -2.34. The number of halogens is 1. The fourth-order valence-electron chi connectivity index (χ4n) is 2.92. The highest BCUT2D eigenvalue weighted by Crippen LogP contribution is 2.19. The average Bonchev–Trinajstić information content (AvgIpc) is 3.04. The quantitative estimate of drug-likeness (QED) is 0.896. The third-order valence-electron chi connectivity index (χ3n) is 3.87. The molecule has 0 aliphatic carbocycles. The maximum Gasteiger partial charge on any atom is 0.149 e. The molecule has 0 radical (unpaired) electrons. The van der Waals surface area contributed by atoms with Gasteiger partial charge in [-0.15, -0.1) is 10.2 Å². The molecule has 1 aliphatic rings. The minimum atomic E-state index is 0.193. The number of nitrogens with zero attached hydrogens (tertiary/aromatic N) is 5. The third kappa shape index (κ3) is 3.35. The first-order valence-electron chi connectivity index (χ1n) is 7.49. The van der Waals surface area contributed by atoms with Crippen LogP contribution in [-0.4, -0.2) is 30.6 Å². The van der Waals surface area contributed by atoms with Gasteiger partial charge in [0, 0.05) is 25.2 Å². The summed E-state index contributed by atoms with van der Waals surface area (Å²) in [4.78, 5) is 0. The van der Waals surface area contributed by atoms with Gasteiger partial charge in [-0.2, -0.15) is 5.10 Å². The van der Waals surface area contributed by atoms with Crippen LogP contribution in [-0.2, 0) is 19.5 Å². The highest BCUT2D eigenvalue weighted by atomic mass is 79.9. The second kappa shape index (κ2) is 6.27. The highest BCUT2D eigenvalue weighted by Gasteiger charge is 2.21. The first-order chi connectivity index (χ1) is 10.1. The Kier molecular flexibility index (Phi) is 4.40. The second-order valence-electron chi connectivity index (χ2n) is 5.75. The Morgan fingerprint density at radius 1 is 1.33 bits per heavy atom. The van der Waals surface area contributed by atoms with Crippen LogP contribution in [0.5, 0.6) is 0 Å². The molecule has 6 nitrogen and oxygen atoms in total. The number of hydrogen-bond donors (Lipinski definition) is 1. The first-order valence-corrected chi connectivity index (χ1v) is 8.29. The maximum atomic E-state index is 4.38. The molecule has 2 aromatic heterocycles. The zero-order valence-electron chi connectivity index (χ0n) is 12.5. The van der Waals surface area contributed by atoms with E-state index in [1.807, 2.05) is 17.1 Å². The molecular formula is C14H21BrN6. The first kappa shape index (κ1) is 14.7. The Bertz CT molecular complexity index is 604. The average molecular weight is 353 g/mol. The van der Waals surface area contributed by atoms with Gasteiger partial charge in [-0.25, -0.2) is 0 Å². The van der Waals surface area contributed by atoms with E-state index in [4.69, 9.17) is 0 Å². The van der Waals surface area contributed by atoms with Crippen LogP contribution in [0.4, 0.5) is 0 Å². The number of fused-ring (bicyclic) bond motifs is 1. The Morgan fingerprint density at radius 3 is 2.95 bits per heavy atom. The zero-order valence-corrected chi connectivity index (χ0v) is 14.0. The van der Waals surface area contributed by atoms with Crippen LogP contribution in [0.1, 0.15) is 44.4 Å². The fraction of sp³-hybridized carbons (Fsp3) is 0.643. The largest absolute Gasteiger partial charge is 0.314 e. The minimum absolute atomic E-state index is 0.193. The molecular weight excluding hydrogens is 332 g/mol. The van der Waals surface area contributed by atoms with Gasteiger partial charge >= 0.3 is 0 Å². The van der Waals surface area contributed by atoms with E-state index in [1.54, 1.807) is 0 Å². The zero-order chi connectivity index (χ0) is 14.8. The summed E-state index contributed by atoms with van der Waals surface area (Å²) in [6.45, 7) is 6.20. The molecule has 21 heavy (non-hydrogen) atoms. The molecule has 1 N–H and O–H groups in total. The van der Waals surface area contributed by atoms with Crippen molar-refractivity contribution in [3.8, 4) is 0 Å². The van der Waals surface area contributed by atoms with E-state index in [0.29, 0.717) is 6.04 Å². The van der Waals surface area contributed by atoms with Gasteiger partial charge in [-0.1, -0.05) is 0 Å². The van der Waals surface area contributed by atoms with Gasteiger partial charge in [0.15, 0.2) is 0 Å². The minimum Gasteiger partial charge on any atom is -0.314 e. The van der Waals surface area contributed by atoms with E-state index in [9.17, 15) is 0 Å². The standard InChI is InChI=1S/C14H21BrN6/c1-10(8-20-9-12(15)7-16-20)17-11(2)14-19-18-13-5-3-4-6-21(13)14/h7,9-11,17H,3-6,8H2,1-2H3/t10-,11+/m1/s1. The maximum absolute atomic E-state index is 4.38. The number of rotatable bonds is 5. The van der Waals surface area contributed by atoms with Crippen molar-refractivity contribution < 1.29 is 0 Å². The molecule has 114 valence electrons. The number of aryl methyl sites for hydroxylation is 1. The summed E-state index contributed by atoms with van der Waals surface area (Å²) in [5, 5.41) is 16.6. The third-order valence-corrected chi connectivity index (χ3v) is 4.28. The van der Waals surface area contributed by atoms with Crippen molar-refractivity contribution in [2.45, 2.75) is 58.3 Å². The Labute approximate surface area is 133 Å². The van der Waals surface area contributed by atoms with Gasteiger partial charge in [0.05, 0.1) is 23.3 Å². The van der Waals surface area contributed by atoms with Crippen molar-refractivity contribution in [1.29, 1.82) is 0 Å². The van der Waals surface area contributed by atoms with Gasteiger partial charge in [0.2, 0.25) is 0 Å². The molecule has 0 fully saturated rings. The molecule has 7 heteroatoms. The van der Waals surface area contributed by atoms with Gasteiger partial charge < -0.3 is 9.88 Å². The van der Waals surface area contributed by atoms with Crippen LogP contribution >= 0.6 is 15.9 Å². The monoisotopic (exact) mass is 352 g/mol. The predicted octanol–water partition coefficient (Wildman–Crippen LogP) is 2.31. The van der Waals surface area contributed by atoms with Crippen molar-refractivity contribution in [1.82, 2.24) is 29.9 Å². The summed E-state index contributed by atoms with van der Waals surface area (Å²) < 4.78 is 5.22. The molecule has 1 aliphatic heterocycles. The van der Waals surface area contributed by atoms with Crippen LogP contribution in [0.2, 0.25) is 0 Å². The lowest BCUT2D eigenvalue weighted by molar-refractivity contribution is 0.389. The molecule has 0 unspecified atom stereocenters. The lowest BCUT2D eigenvalue weighted by Gasteiger charge is -2.22. The van der Waals surface area contributed by atoms with E-state index in [2.05, 4.69) is 55.0 Å². The van der Waals surface area contributed by atoms with Crippen LogP contribution in [0.25, 0.3) is 0 Å². The van der Waals surface area contributed by atoms with E-state index in [-0.39, 0.29) is 6.04 Å². The van der Waals surface area contributed by atoms with E-state index < -0.39 is 0 Å². The smallest absolute Gasteiger partial charge is 0.149 e. The van der Waals surface area contributed by atoms with Gasteiger partial charge in [-0.3, -0.25) is 4.68 Å². The summed E-state index contributed by atoms with van der Waals surface area (Å²) in [5.74, 6) is 2.19. The van der Waals surface area contributed by atoms with Crippen molar-refractivity contribution in [2.24, 2.45) is 0 Å². The topological polar surface area (TPSA) is 60.6 Å². The van der Waals surface area contributed by atoms with Crippen LogP contribution in [0.3, 0.4) is 0 Å². The Hall–Kier alpha value is -1.21. The predicted molar refractivity (Wildman–Crippen MR) is 83.9 cm³/mol. The normalized spacial score (nSPS) is 17.5. The second-order valence-corrected chi connectivity index (χ2v) is 6.67. The molecule has 2 atom stereocenters. The van der Waals surface area contributed by atoms with Gasteiger partial charge in [0.1, 0.15) is 11.6 Å². The number of nitrogens with one attached hydrogen (secondary N) is 1. The highest BCUT2D eigenvalue weighted by molar-refractivity contribution is 9.10. The summed E-state index contributed by atoms with van der Waals surface area (Å²) in [5.41, 5.74) is 0. The summed E-state index contributed by atoms with van der Waals surface area (Å²) in [7, 11) is 0. The Morgan fingerprint density at radius 2 is 2.19 bits per heavy atom. The van der Waals surface area contributed by atoms with Crippen LogP contribution in [0, 0.1) is 0 Å². The number of hydrogen-bond acceptors (Lipinski definition) is 4. The molecule has 0 bridgehead atoms. The number of aromatic nitrogens is 5. The molecule has 3 heterocycles. The lowest BCUT2D eigenvalue weighted by atomic mass is 10.1. The van der Waals surface area contributed by atoms with E-state index in [1.165, 1.54) is 12.8 Å². The van der Waals surface area contributed by atoms with Crippen molar-refractivity contribution in [3.63, 3.8) is 0 Å². The molecule has 3 rings (SSSR count).